The second kappa shape index (κ2) is 6.44. The zero-order valence-corrected chi connectivity index (χ0v) is 14.7. The Morgan fingerprint density at radius 1 is 0.923 bits per heavy atom. The molecule has 7 heteroatoms. The lowest BCUT2D eigenvalue weighted by Crippen LogP contribution is -1.96. The quantitative estimate of drug-likeness (QED) is 0.574. The molecule has 2 aromatic carbocycles. The number of nitrogens with one attached hydrogen (secondary N) is 2. The zero-order valence-electron chi connectivity index (χ0n) is 14.7. The average molecular weight is 350 g/mol. The van der Waals surface area contributed by atoms with E-state index >= 15 is 0 Å². The molecule has 0 atom stereocenters. The van der Waals surface area contributed by atoms with Gasteiger partial charge in [-0.15, -0.1) is 0 Å². The smallest absolute Gasteiger partial charge is 0.203 e. The van der Waals surface area contributed by atoms with E-state index in [0.29, 0.717) is 28.9 Å². The predicted octanol–water partition coefficient (Wildman–Crippen LogP) is 3.65. The molecule has 0 aliphatic rings. The molecule has 0 saturated heterocycles. The van der Waals surface area contributed by atoms with Crippen molar-refractivity contribution in [2.45, 2.75) is 0 Å². The second-order valence-electron chi connectivity index (χ2n) is 5.67. The molecular weight excluding hydrogens is 332 g/mol. The average Bonchev–Trinajstić information content (AvgIpc) is 3.33. The summed E-state index contributed by atoms with van der Waals surface area (Å²) in [6.07, 6.45) is 1.92. The lowest BCUT2D eigenvalue weighted by molar-refractivity contribution is 0.324. The molecule has 2 N–H and O–H groups in total. The normalized spacial score (nSPS) is 10.9. The standard InChI is InChI=1S/C19H18N4O3/c1-24-15-8-11(9-16(25-2)17(15)26-3)18-21-19(23-22-18)13-10-20-14-7-5-4-6-12(13)14/h4-10,20H,1-3H3,(H,21,22,23). The van der Waals surface area contributed by atoms with Gasteiger partial charge in [-0.25, -0.2) is 4.98 Å². The molecule has 0 aliphatic heterocycles. The number of aromatic amines is 2. The fourth-order valence-corrected chi connectivity index (χ4v) is 2.99. The first-order valence-electron chi connectivity index (χ1n) is 8.04. The minimum atomic E-state index is 0.533. The molecule has 0 unspecified atom stereocenters. The van der Waals surface area contributed by atoms with Crippen LogP contribution in [-0.4, -0.2) is 41.5 Å². The summed E-state index contributed by atoms with van der Waals surface area (Å²) in [5.74, 6) is 2.88. The number of fused-ring (bicyclic) bond motifs is 1. The van der Waals surface area contributed by atoms with E-state index in [2.05, 4.69) is 20.2 Å². The summed E-state index contributed by atoms with van der Waals surface area (Å²) in [5.41, 5.74) is 2.78. The lowest BCUT2D eigenvalue weighted by Gasteiger charge is -2.12. The van der Waals surface area contributed by atoms with Crippen LogP contribution in [0.15, 0.2) is 42.6 Å². The Kier molecular flexibility index (Phi) is 3.96. The van der Waals surface area contributed by atoms with Crippen molar-refractivity contribution in [3.63, 3.8) is 0 Å². The maximum Gasteiger partial charge on any atom is 0.203 e. The van der Waals surface area contributed by atoms with Gasteiger partial charge in [0.1, 0.15) is 0 Å². The molecule has 2 heterocycles. The Morgan fingerprint density at radius 2 is 1.65 bits per heavy atom. The number of rotatable bonds is 5. The molecule has 4 rings (SSSR count). The summed E-state index contributed by atoms with van der Waals surface area (Å²) < 4.78 is 16.2. The first-order valence-corrected chi connectivity index (χ1v) is 8.04. The van der Waals surface area contributed by atoms with Crippen molar-refractivity contribution in [2.24, 2.45) is 0 Å². The van der Waals surface area contributed by atoms with Crippen LogP contribution in [0.5, 0.6) is 17.2 Å². The number of nitrogens with zero attached hydrogens (tertiary/aromatic N) is 2. The van der Waals surface area contributed by atoms with E-state index in [9.17, 15) is 0 Å². The van der Waals surface area contributed by atoms with Crippen molar-refractivity contribution in [3.8, 4) is 40.0 Å². The molecule has 4 aromatic rings. The first-order chi connectivity index (χ1) is 12.7. The van der Waals surface area contributed by atoms with E-state index < -0.39 is 0 Å². The predicted molar refractivity (Wildman–Crippen MR) is 98.8 cm³/mol. The molecule has 132 valence electrons. The summed E-state index contributed by atoms with van der Waals surface area (Å²) in [7, 11) is 4.73. The highest BCUT2D eigenvalue weighted by Gasteiger charge is 2.17. The molecule has 0 amide bonds. The van der Waals surface area contributed by atoms with Crippen LogP contribution in [0.2, 0.25) is 0 Å². The largest absolute Gasteiger partial charge is 0.493 e. The Hall–Kier alpha value is -3.48. The number of hydrogen-bond donors (Lipinski definition) is 2. The van der Waals surface area contributed by atoms with Crippen LogP contribution in [0.25, 0.3) is 33.7 Å². The highest BCUT2D eigenvalue weighted by atomic mass is 16.5. The summed E-state index contributed by atoms with van der Waals surface area (Å²) >= 11 is 0. The monoisotopic (exact) mass is 350 g/mol. The molecule has 2 aromatic heterocycles. The molecule has 0 bridgehead atoms. The van der Waals surface area contributed by atoms with Gasteiger partial charge in [0.15, 0.2) is 23.1 Å². The lowest BCUT2D eigenvalue weighted by atomic mass is 10.1. The number of para-hydroxylation sites is 1. The zero-order chi connectivity index (χ0) is 18.1. The van der Waals surface area contributed by atoms with Crippen LogP contribution in [0, 0.1) is 0 Å². The van der Waals surface area contributed by atoms with E-state index in [0.717, 1.165) is 22.0 Å². The number of benzene rings is 2. The van der Waals surface area contributed by atoms with Gasteiger partial charge >= 0.3 is 0 Å². The third kappa shape index (κ3) is 2.54. The molecule has 26 heavy (non-hydrogen) atoms. The van der Waals surface area contributed by atoms with Crippen molar-refractivity contribution in [3.05, 3.63) is 42.6 Å². The van der Waals surface area contributed by atoms with Crippen LogP contribution in [0.3, 0.4) is 0 Å². The highest BCUT2D eigenvalue weighted by Crippen LogP contribution is 2.40. The van der Waals surface area contributed by atoms with Crippen LogP contribution < -0.4 is 14.2 Å². The number of ether oxygens (including phenoxy) is 3. The van der Waals surface area contributed by atoms with Crippen LogP contribution >= 0.6 is 0 Å². The molecule has 0 spiro atoms. The molecule has 0 fully saturated rings. The minimum absolute atomic E-state index is 0.533. The first kappa shape index (κ1) is 16.0. The Bertz CT molecular complexity index is 1040. The number of H-pyrrole nitrogens is 2. The van der Waals surface area contributed by atoms with Crippen molar-refractivity contribution in [1.82, 2.24) is 20.2 Å². The number of methoxy groups -OCH3 is 3. The van der Waals surface area contributed by atoms with Gasteiger partial charge in [0.05, 0.1) is 21.3 Å². The van der Waals surface area contributed by atoms with E-state index in [1.165, 1.54) is 0 Å². The second-order valence-corrected chi connectivity index (χ2v) is 5.67. The van der Waals surface area contributed by atoms with Gasteiger partial charge in [0.2, 0.25) is 5.75 Å². The van der Waals surface area contributed by atoms with Gasteiger partial charge in [-0.3, -0.25) is 5.10 Å². The van der Waals surface area contributed by atoms with Gasteiger partial charge in [-0.1, -0.05) is 18.2 Å². The highest BCUT2D eigenvalue weighted by molar-refractivity contribution is 5.93. The molecule has 0 aliphatic carbocycles. The third-order valence-electron chi connectivity index (χ3n) is 4.25. The van der Waals surface area contributed by atoms with Gasteiger partial charge < -0.3 is 19.2 Å². The molecule has 7 nitrogen and oxygen atoms in total. The molecular formula is C19H18N4O3. The third-order valence-corrected chi connectivity index (χ3v) is 4.25. The van der Waals surface area contributed by atoms with Crippen molar-refractivity contribution in [2.75, 3.05) is 21.3 Å². The summed E-state index contributed by atoms with van der Waals surface area (Å²) in [5, 5.41) is 8.45. The minimum Gasteiger partial charge on any atom is -0.493 e. The van der Waals surface area contributed by atoms with Crippen molar-refractivity contribution >= 4 is 10.9 Å². The van der Waals surface area contributed by atoms with Crippen molar-refractivity contribution < 1.29 is 14.2 Å². The Morgan fingerprint density at radius 3 is 2.35 bits per heavy atom. The fraction of sp³-hybridized carbons (Fsp3) is 0.158. The summed E-state index contributed by atoms with van der Waals surface area (Å²) in [4.78, 5) is 7.88. The van der Waals surface area contributed by atoms with Crippen LogP contribution in [0.4, 0.5) is 0 Å². The van der Waals surface area contributed by atoms with Crippen molar-refractivity contribution in [1.29, 1.82) is 0 Å². The van der Waals surface area contributed by atoms with Crippen LogP contribution in [-0.2, 0) is 0 Å². The Balaban J connectivity index is 1.79. The van der Waals surface area contributed by atoms with Crippen LogP contribution in [0.1, 0.15) is 0 Å². The maximum atomic E-state index is 5.40. The SMILES string of the molecule is COc1cc(-c2n[nH]c(-c3c[nH]c4ccccc34)n2)cc(OC)c1OC. The number of aromatic nitrogens is 4. The van der Waals surface area contributed by atoms with E-state index in [-0.39, 0.29) is 0 Å². The summed E-state index contributed by atoms with van der Waals surface area (Å²) in [6.45, 7) is 0. The van der Waals surface area contributed by atoms with Gasteiger partial charge in [-0.2, -0.15) is 5.10 Å². The molecule has 0 saturated carbocycles. The van der Waals surface area contributed by atoms with E-state index in [1.807, 2.05) is 42.6 Å². The van der Waals surface area contributed by atoms with Gasteiger partial charge in [0, 0.05) is 28.2 Å². The van der Waals surface area contributed by atoms with Gasteiger partial charge in [0.25, 0.3) is 0 Å². The maximum absolute atomic E-state index is 5.40. The van der Waals surface area contributed by atoms with Gasteiger partial charge in [-0.05, 0) is 18.2 Å². The molecule has 0 radical (unpaired) electrons. The Labute approximate surface area is 149 Å². The number of hydrogen-bond acceptors (Lipinski definition) is 5. The fourth-order valence-electron chi connectivity index (χ4n) is 2.99. The van der Waals surface area contributed by atoms with E-state index in [4.69, 9.17) is 14.2 Å². The summed E-state index contributed by atoms with van der Waals surface area (Å²) in [6, 6.07) is 11.7. The van der Waals surface area contributed by atoms with E-state index in [1.54, 1.807) is 21.3 Å². The topological polar surface area (TPSA) is 85.1 Å².